The first-order chi connectivity index (χ1) is 6.74. The largest absolute Gasteiger partial charge is 0.381 e. The molecular weight excluding hydrogens is 192 g/mol. The van der Waals surface area contributed by atoms with Crippen molar-refractivity contribution in [1.82, 2.24) is 5.32 Å². The van der Waals surface area contributed by atoms with Crippen LogP contribution in [0.1, 0.15) is 6.42 Å². The molecule has 0 aromatic rings. The van der Waals surface area contributed by atoms with Gasteiger partial charge in [0.15, 0.2) is 0 Å². The normalized spacial score (nSPS) is 24.4. The molecule has 1 N–H and O–H groups in total. The number of hydrogen-bond donors (Lipinski definition) is 1. The van der Waals surface area contributed by atoms with Crippen LogP contribution in [0.2, 0.25) is 0 Å². The molecule has 1 aliphatic rings. The van der Waals surface area contributed by atoms with E-state index in [-0.39, 0.29) is 6.04 Å². The fourth-order valence-electron chi connectivity index (χ4n) is 1.61. The van der Waals surface area contributed by atoms with E-state index in [1.54, 1.807) is 0 Å². The van der Waals surface area contributed by atoms with Gasteiger partial charge in [-0.1, -0.05) is 0 Å². The molecule has 0 aromatic heterocycles. The third-order valence-corrected chi connectivity index (χ3v) is 2.45. The lowest BCUT2D eigenvalue weighted by molar-refractivity contribution is 0.00362. The Morgan fingerprint density at radius 3 is 2.79 bits per heavy atom. The van der Waals surface area contributed by atoms with Gasteiger partial charge in [0, 0.05) is 18.6 Å². The van der Waals surface area contributed by atoms with Crippen LogP contribution in [0.25, 0.3) is 0 Å². The van der Waals surface area contributed by atoms with Gasteiger partial charge in [0.1, 0.15) is 6.61 Å². The summed E-state index contributed by atoms with van der Waals surface area (Å²) in [5.74, 6) is 0.387. The zero-order valence-corrected chi connectivity index (χ0v) is 8.34. The number of hydrogen-bond acceptors (Lipinski definition) is 3. The van der Waals surface area contributed by atoms with E-state index in [4.69, 9.17) is 9.47 Å². The van der Waals surface area contributed by atoms with Gasteiger partial charge >= 0.3 is 0 Å². The van der Waals surface area contributed by atoms with Crippen molar-refractivity contribution in [3.8, 4) is 0 Å². The molecule has 0 radical (unpaired) electrons. The summed E-state index contributed by atoms with van der Waals surface area (Å²) in [6, 6.07) is 0.122. The standard InChI is InChI=1S/C9H17F2NO2/c1-12-8(5-14-6-9(10)11)7-2-3-13-4-7/h7-9,12H,2-6H2,1H3. The number of halogens is 2. The van der Waals surface area contributed by atoms with Crippen LogP contribution < -0.4 is 5.32 Å². The van der Waals surface area contributed by atoms with Crippen molar-refractivity contribution >= 4 is 0 Å². The number of nitrogens with one attached hydrogen (secondary N) is 1. The zero-order valence-electron chi connectivity index (χ0n) is 8.34. The number of likely N-dealkylation sites (N-methyl/N-ethyl adjacent to an activating group) is 1. The summed E-state index contributed by atoms with van der Waals surface area (Å²) in [6.45, 7) is 1.31. The quantitative estimate of drug-likeness (QED) is 0.704. The van der Waals surface area contributed by atoms with E-state index in [1.165, 1.54) is 0 Å². The molecule has 0 aromatic carbocycles. The molecular formula is C9H17F2NO2. The highest BCUT2D eigenvalue weighted by molar-refractivity contribution is 4.77. The topological polar surface area (TPSA) is 30.5 Å². The molecule has 0 bridgehead atoms. The summed E-state index contributed by atoms with van der Waals surface area (Å²) in [5.41, 5.74) is 0. The molecule has 0 aliphatic carbocycles. The molecule has 2 atom stereocenters. The molecule has 1 saturated heterocycles. The maximum Gasteiger partial charge on any atom is 0.261 e. The predicted octanol–water partition coefficient (Wildman–Crippen LogP) is 0.893. The second kappa shape index (κ2) is 6.27. The Labute approximate surface area is 82.8 Å². The second-order valence-corrected chi connectivity index (χ2v) is 3.45. The summed E-state index contributed by atoms with van der Waals surface area (Å²) < 4.78 is 33.7. The van der Waals surface area contributed by atoms with Crippen LogP contribution >= 0.6 is 0 Å². The Kier molecular flexibility index (Phi) is 5.29. The molecule has 1 rings (SSSR count). The van der Waals surface area contributed by atoms with E-state index in [0.717, 1.165) is 13.0 Å². The highest BCUT2D eigenvalue weighted by Gasteiger charge is 2.24. The number of rotatable bonds is 6. The lowest BCUT2D eigenvalue weighted by Crippen LogP contribution is -2.38. The average Bonchev–Trinajstić information content (AvgIpc) is 2.64. The maximum absolute atomic E-state index is 11.8. The molecule has 0 saturated carbocycles. The molecule has 0 spiro atoms. The van der Waals surface area contributed by atoms with Crippen LogP contribution in [0.3, 0.4) is 0 Å². The summed E-state index contributed by atoms with van der Waals surface area (Å²) >= 11 is 0. The zero-order chi connectivity index (χ0) is 10.4. The van der Waals surface area contributed by atoms with Crippen molar-refractivity contribution in [2.45, 2.75) is 18.9 Å². The molecule has 3 nitrogen and oxygen atoms in total. The number of ether oxygens (including phenoxy) is 2. The molecule has 14 heavy (non-hydrogen) atoms. The molecule has 84 valence electrons. The minimum atomic E-state index is -2.38. The van der Waals surface area contributed by atoms with Crippen molar-refractivity contribution in [3.63, 3.8) is 0 Å². The van der Waals surface area contributed by atoms with Crippen LogP contribution in [-0.4, -0.2) is 45.9 Å². The fourth-order valence-corrected chi connectivity index (χ4v) is 1.61. The fraction of sp³-hybridized carbons (Fsp3) is 1.00. The van der Waals surface area contributed by atoms with E-state index >= 15 is 0 Å². The van der Waals surface area contributed by atoms with Crippen molar-refractivity contribution in [2.24, 2.45) is 5.92 Å². The molecule has 1 heterocycles. The van der Waals surface area contributed by atoms with E-state index in [1.807, 2.05) is 7.05 Å². The van der Waals surface area contributed by atoms with E-state index in [9.17, 15) is 8.78 Å². The van der Waals surface area contributed by atoms with E-state index in [2.05, 4.69) is 5.32 Å². The van der Waals surface area contributed by atoms with Gasteiger partial charge in [-0.25, -0.2) is 8.78 Å². The Morgan fingerprint density at radius 1 is 1.50 bits per heavy atom. The first-order valence-electron chi connectivity index (χ1n) is 4.85. The lowest BCUT2D eigenvalue weighted by Gasteiger charge is -2.21. The van der Waals surface area contributed by atoms with Crippen LogP contribution in [0.4, 0.5) is 8.78 Å². The van der Waals surface area contributed by atoms with Gasteiger partial charge in [0.2, 0.25) is 0 Å². The lowest BCUT2D eigenvalue weighted by atomic mass is 10.0. The van der Waals surface area contributed by atoms with Gasteiger partial charge in [-0.05, 0) is 13.5 Å². The first-order valence-corrected chi connectivity index (χ1v) is 4.85. The molecule has 2 unspecified atom stereocenters. The molecule has 1 fully saturated rings. The smallest absolute Gasteiger partial charge is 0.261 e. The maximum atomic E-state index is 11.8. The third-order valence-electron chi connectivity index (χ3n) is 2.45. The van der Waals surface area contributed by atoms with Gasteiger partial charge in [0.25, 0.3) is 6.43 Å². The molecule has 5 heteroatoms. The van der Waals surface area contributed by atoms with Gasteiger partial charge < -0.3 is 14.8 Å². The van der Waals surface area contributed by atoms with Gasteiger partial charge in [-0.3, -0.25) is 0 Å². The third kappa shape index (κ3) is 3.86. The Hall–Kier alpha value is -0.260. The molecule has 1 aliphatic heterocycles. The summed E-state index contributed by atoms with van der Waals surface area (Å²) in [6.07, 6.45) is -1.41. The highest BCUT2D eigenvalue weighted by Crippen LogP contribution is 2.16. The van der Waals surface area contributed by atoms with Gasteiger partial charge in [-0.2, -0.15) is 0 Å². The van der Waals surface area contributed by atoms with Gasteiger partial charge in [0.05, 0.1) is 13.2 Å². The van der Waals surface area contributed by atoms with E-state index in [0.29, 0.717) is 19.1 Å². The van der Waals surface area contributed by atoms with Crippen LogP contribution in [0.15, 0.2) is 0 Å². The minimum Gasteiger partial charge on any atom is -0.381 e. The van der Waals surface area contributed by atoms with Crippen LogP contribution in [0.5, 0.6) is 0 Å². The van der Waals surface area contributed by atoms with Crippen LogP contribution in [0, 0.1) is 5.92 Å². The number of alkyl halides is 2. The predicted molar refractivity (Wildman–Crippen MR) is 48.6 cm³/mol. The molecule has 0 amide bonds. The first kappa shape index (κ1) is 11.8. The average molecular weight is 209 g/mol. The summed E-state index contributed by atoms with van der Waals surface area (Å²) in [7, 11) is 1.81. The summed E-state index contributed by atoms with van der Waals surface area (Å²) in [4.78, 5) is 0. The van der Waals surface area contributed by atoms with E-state index < -0.39 is 13.0 Å². The van der Waals surface area contributed by atoms with Crippen molar-refractivity contribution in [1.29, 1.82) is 0 Å². The summed E-state index contributed by atoms with van der Waals surface area (Å²) in [5, 5.41) is 3.07. The monoisotopic (exact) mass is 209 g/mol. The van der Waals surface area contributed by atoms with Crippen molar-refractivity contribution in [2.75, 3.05) is 33.5 Å². The Morgan fingerprint density at radius 2 is 2.29 bits per heavy atom. The minimum absolute atomic E-state index is 0.122. The van der Waals surface area contributed by atoms with Crippen molar-refractivity contribution < 1.29 is 18.3 Å². The van der Waals surface area contributed by atoms with Crippen molar-refractivity contribution in [3.05, 3.63) is 0 Å². The second-order valence-electron chi connectivity index (χ2n) is 3.45. The van der Waals surface area contributed by atoms with Crippen LogP contribution in [-0.2, 0) is 9.47 Å². The Balaban J connectivity index is 2.17. The SMILES string of the molecule is CNC(COCC(F)F)C1CCOC1. The Bertz CT molecular complexity index is 152. The highest BCUT2D eigenvalue weighted by atomic mass is 19.3. The van der Waals surface area contributed by atoms with Gasteiger partial charge in [-0.15, -0.1) is 0 Å².